The number of H-pyrrole nitrogens is 1. The van der Waals surface area contributed by atoms with Crippen LogP contribution < -0.4 is 4.74 Å². The highest BCUT2D eigenvalue weighted by molar-refractivity contribution is 6.05. The quantitative estimate of drug-likeness (QED) is 0.784. The summed E-state index contributed by atoms with van der Waals surface area (Å²) in [5.41, 5.74) is 1.41. The average molecular weight is 386 g/mol. The van der Waals surface area contributed by atoms with Gasteiger partial charge in [-0.3, -0.25) is 19.6 Å². The number of rotatable bonds is 3. The normalized spacial score (nSPS) is 24.4. The van der Waals surface area contributed by atoms with Gasteiger partial charge in [0.2, 0.25) is 0 Å². The first kappa shape index (κ1) is 18.7. The smallest absolute Gasteiger partial charge is 0.290 e. The van der Waals surface area contributed by atoms with Crippen LogP contribution in [0.5, 0.6) is 5.75 Å². The van der Waals surface area contributed by atoms with E-state index in [0.29, 0.717) is 23.9 Å². The monoisotopic (exact) mass is 386 g/mol. The number of ether oxygens (including phenoxy) is 1. The number of amides is 1. The van der Waals surface area contributed by atoms with Gasteiger partial charge in [0, 0.05) is 36.6 Å². The summed E-state index contributed by atoms with van der Waals surface area (Å²) >= 11 is 0. The van der Waals surface area contributed by atoms with Crippen molar-refractivity contribution in [1.29, 1.82) is 0 Å². The molecule has 0 radical (unpaired) electrons. The molecule has 150 valence electrons. The Morgan fingerprint density at radius 2 is 2.04 bits per heavy atom. The summed E-state index contributed by atoms with van der Waals surface area (Å²) in [5.74, 6) is 0.917. The van der Waals surface area contributed by atoms with E-state index in [4.69, 9.17) is 14.6 Å². The van der Waals surface area contributed by atoms with E-state index in [1.165, 1.54) is 12.8 Å². The zero-order chi connectivity index (χ0) is 19.7. The summed E-state index contributed by atoms with van der Waals surface area (Å²) in [6.07, 6.45) is 6.20. The first-order chi connectivity index (χ1) is 13.6. The maximum atomic E-state index is 13.0. The van der Waals surface area contributed by atoms with Gasteiger partial charge in [0.1, 0.15) is 5.75 Å². The van der Waals surface area contributed by atoms with Crippen molar-refractivity contribution in [3.05, 3.63) is 23.9 Å². The fourth-order valence-electron chi connectivity index (χ4n) is 4.68. The fourth-order valence-corrected chi connectivity index (χ4v) is 4.68. The van der Waals surface area contributed by atoms with Gasteiger partial charge in [-0.25, -0.2) is 0 Å². The van der Waals surface area contributed by atoms with Crippen LogP contribution in [-0.4, -0.2) is 75.8 Å². The molecule has 1 aliphatic carbocycles. The molecule has 8 heteroatoms. The van der Waals surface area contributed by atoms with Crippen molar-refractivity contribution in [3.8, 4) is 5.75 Å². The van der Waals surface area contributed by atoms with E-state index in [2.05, 4.69) is 22.1 Å². The number of benzene rings is 1. The number of likely N-dealkylation sites (tertiary alicyclic amines) is 2. The van der Waals surface area contributed by atoms with Crippen molar-refractivity contribution < 1.29 is 19.4 Å². The lowest BCUT2D eigenvalue weighted by molar-refractivity contribution is -0.122. The number of aromatic nitrogens is 2. The molecule has 0 unspecified atom stereocenters. The van der Waals surface area contributed by atoms with E-state index in [9.17, 15) is 4.79 Å². The van der Waals surface area contributed by atoms with Gasteiger partial charge in [-0.1, -0.05) is 0 Å². The second-order valence-electron chi connectivity index (χ2n) is 7.85. The zero-order valence-corrected chi connectivity index (χ0v) is 16.0. The molecule has 3 fully saturated rings. The lowest BCUT2D eigenvalue weighted by atomic mass is 10.1. The van der Waals surface area contributed by atoms with E-state index >= 15 is 0 Å². The highest BCUT2D eigenvalue weighted by atomic mass is 16.5. The van der Waals surface area contributed by atoms with E-state index in [1.54, 1.807) is 0 Å². The number of carbonyl (C=O) groups is 2. The number of piperazine rings is 1. The number of fused-ring (bicyclic) bond motifs is 3. The lowest BCUT2D eigenvalue weighted by Gasteiger charge is -2.31. The van der Waals surface area contributed by atoms with Gasteiger partial charge in [-0.05, 0) is 51.3 Å². The van der Waals surface area contributed by atoms with Crippen LogP contribution in [0.2, 0.25) is 0 Å². The van der Waals surface area contributed by atoms with Gasteiger partial charge in [0.25, 0.3) is 12.4 Å². The summed E-state index contributed by atoms with van der Waals surface area (Å²) in [6, 6.07) is 6.75. The molecule has 3 aliphatic rings. The van der Waals surface area contributed by atoms with E-state index < -0.39 is 0 Å². The molecule has 5 rings (SSSR count). The minimum Gasteiger partial charge on any atom is -0.490 e. The molecule has 2 saturated heterocycles. The Labute approximate surface area is 163 Å². The van der Waals surface area contributed by atoms with E-state index in [-0.39, 0.29) is 12.4 Å². The molecule has 28 heavy (non-hydrogen) atoms. The molecule has 0 spiro atoms. The first-order valence-corrected chi connectivity index (χ1v) is 9.84. The molecular weight excluding hydrogens is 360 g/mol. The van der Waals surface area contributed by atoms with Crippen LogP contribution in [0.25, 0.3) is 10.9 Å². The summed E-state index contributed by atoms with van der Waals surface area (Å²) in [5, 5.41) is 15.1. The highest BCUT2D eigenvalue weighted by Gasteiger charge is 2.44. The maximum Gasteiger partial charge on any atom is 0.290 e. The first-order valence-electron chi connectivity index (χ1n) is 9.84. The number of carboxylic acid groups (broad SMARTS) is 1. The van der Waals surface area contributed by atoms with Crippen LogP contribution in [0.3, 0.4) is 0 Å². The third-order valence-electron chi connectivity index (χ3n) is 6.12. The van der Waals surface area contributed by atoms with E-state index in [0.717, 1.165) is 49.0 Å². The zero-order valence-electron chi connectivity index (χ0n) is 16.0. The minimum absolute atomic E-state index is 0.0521. The van der Waals surface area contributed by atoms with Crippen LogP contribution in [0.4, 0.5) is 0 Å². The third-order valence-corrected chi connectivity index (χ3v) is 6.12. The van der Waals surface area contributed by atoms with E-state index in [1.807, 2.05) is 23.1 Å². The van der Waals surface area contributed by atoms with Gasteiger partial charge in [0.15, 0.2) is 5.69 Å². The molecule has 2 aromatic rings. The Morgan fingerprint density at radius 1 is 1.29 bits per heavy atom. The topological polar surface area (TPSA) is 98.8 Å². The standard InChI is InChI=1S/C19H24N4O2.CH2O2/c1-22-10-13-8-12(22)11-23(13)19(24)18-16-7-6-15(9-17(16)20-21-18)25-14-4-2-3-5-14;2-1-3/h6-7,9,12-14H,2-5,8,10-11H2,1H3,(H,20,21);1H,(H,2,3)/t12-,13-;/m0./s1. The Morgan fingerprint density at radius 3 is 2.68 bits per heavy atom. The average Bonchev–Trinajstić information content (AvgIpc) is 3.45. The SMILES string of the molecule is CN1C[C@@H]2C[C@H]1CN2C(=O)c1n[nH]c2cc(OC3CCCC3)ccc12.O=CO. The van der Waals surface area contributed by atoms with Crippen molar-refractivity contribution in [2.75, 3.05) is 20.1 Å². The molecule has 1 aromatic heterocycles. The number of carbonyl (C=O) groups excluding carboxylic acids is 1. The predicted molar refractivity (Wildman–Crippen MR) is 104 cm³/mol. The molecular formula is C20H26N4O4. The highest BCUT2D eigenvalue weighted by Crippen LogP contribution is 2.32. The van der Waals surface area contributed by atoms with Crippen molar-refractivity contribution >= 4 is 23.3 Å². The van der Waals surface area contributed by atoms with Crippen molar-refractivity contribution in [1.82, 2.24) is 20.0 Å². The van der Waals surface area contributed by atoms with Gasteiger partial charge in [-0.2, -0.15) is 5.10 Å². The summed E-state index contributed by atoms with van der Waals surface area (Å²) in [7, 11) is 2.14. The van der Waals surface area contributed by atoms with Crippen LogP contribution in [0.15, 0.2) is 18.2 Å². The van der Waals surface area contributed by atoms with Crippen LogP contribution in [0, 0.1) is 0 Å². The lowest BCUT2D eigenvalue weighted by Crippen LogP contribution is -2.47. The van der Waals surface area contributed by atoms with Crippen molar-refractivity contribution in [3.63, 3.8) is 0 Å². The Bertz CT molecular complexity index is 859. The van der Waals surface area contributed by atoms with Crippen LogP contribution in [-0.2, 0) is 4.79 Å². The molecule has 2 aliphatic heterocycles. The Hall–Kier alpha value is -2.61. The molecule has 2 atom stereocenters. The summed E-state index contributed by atoms with van der Waals surface area (Å²) in [6.45, 7) is 1.54. The van der Waals surface area contributed by atoms with Crippen molar-refractivity contribution in [2.45, 2.75) is 50.3 Å². The number of nitrogens with zero attached hydrogens (tertiary/aromatic N) is 3. The van der Waals surface area contributed by atoms with Gasteiger partial charge < -0.3 is 14.7 Å². The van der Waals surface area contributed by atoms with Gasteiger partial charge in [0.05, 0.1) is 11.6 Å². The van der Waals surface area contributed by atoms with Crippen molar-refractivity contribution in [2.24, 2.45) is 0 Å². The number of likely N-dealkylation sites (N-methyl/N-ethyl adjacent to an activating group) is 1. The Kier molecular flexibility index (Phi) is 5.21. The molecule has 3 heterocycles. The number of aromatic amines is 1. The predicted octanol–water partition coefficient (Wildman–Crippen LogP) is 2.11. The molecule has 1 amide bonds. The molecule has 8 nitrogen and oxygen atoms in total. The fraction of sp³-hybridized carbons (Fsp3) is 0.550. The number of hydrogen-bond acceptors (Lipinski definition) is 5. The van der Waals surface area contributed by atoms with Gasteiger partial charge >= 0.3 is 0 Å². The number of nitrogens with one attached hydrogen (secondary N) is 1. The van der Waals surface area contributed by atoms with Crippen LogP contribution in [0.1, 0.15) is 42.6 Å². The summed E-state index contributed by atoms with van der Waals surface area (Å²) < 4.78 is 6.06. The molecule has 2 bridgehead atoms. The Balaban J connectivity index is 0.000000604. The largest absolute Gasteiger partial charge is 0.490 e. The maximum absolute atomic E-state index is 13.0. The second kappa shape index (κ2) is 7.79. The van der Waals surface area contributed by atoms with Crippen LogP contribution >= 0.6 is 0 Å². The summed E-state index contributed by atoms with van der Waals surface area (Å²) in [4.78, 5) is 25.7. The molecule has 1 aromatic carbocycles. The molecule has 1 saturated carbocycles. The van der Waals surface area contributed by atoms with Gasteiger partial charge in [-0.15, -0.1) is 0 Å². The number of hydrogen-bond donors (Lipinski definition) is 2. The minimum atomic E-state index is -0.250. The molecule has 2 N–H and O–H groups in total. The second-order valence-corrected chi connectivity index (χ2v) is 7.85. The third kappa shape index (κ3) is 3.44.